The van der Waals surface area contributed by atoms with Crippen LogP contribution in [0.5, 0.6) is 11.5 Å². The van der Waals surface area contributed by atoms with Crippen molar-refractivity contribution in [2.75, 3.05) is 13.7 Å². The molecule has 3 N–H and O–H groups in total. The van der Waals surface area contributed by atoms with Gasteiger partial charge < -0.3 is 19.6 Å². The van der Waals surface area contributed by atoms with Gasteiger partial charge >= 0.3 is 0 Å². The molecule has 0 saturated carbocycles. The third kappa shape index (κ3) is 4.43. The van der Waals surface area contributed by atoms with E-state index in [-0.39, 0.29) is 17.7 Å². The number of amides is 2. The molecule has 0 aliphatic heterocycles. The third-order valence-electron chi connectivity index (χ3n) is 3.61. The van der Waals surface area contributed by atoms with E-state index in [1.165, 1.54) is 13.2 Å². The second-order valence-corrected chi connectivity index (χ2v) is 5.48. The Labute approximate surface area is 154 Å². The van der Waals surface area contributed by atoms with Gasteiger partial charge in [0.25, 0.3) is 11.8 Å². The van der Waals surface area contributed by atoms with Gasteiger partial charge in [-0.1, -0.05) is 18.2 Å². The molecule has 2 amide bonds. The van der Waals surface area contributed by atoms with Crippen LogP contribution in [-0.2, 0) is 4.79 Å². The number of hydrogen-bond donors (Lipinski definition) is 2. The maximum atomic E-state index is 11.9. The molecule has 8 heteroatoms. The zero-order chi connectivity index (χ0) is 19.2. The highest BCUT2D eigenvalue weighted by Gasteiger charge is 2.11. The van der Waals surface area contributed by atoms with Crippen LogP contribution in [0.2, 0.25) is 0 Å². The maximum absolute atomic E-state index is 11.9. The van der Waals surface area contributed by atoms with E-state index >= 15 is 0 Å². The molecule has 0 atom stereocenters. The molecular formula is C19H17N3O5. The van der Waals surface area contributed by atoms with Crippen molar-refractivity contribution in [3.05, 3.63) is 65.7 Å². The van der Waals surface area contributed by atoms with Gasteiger partial charge in [0.1, 0.15) is 22.6 Å². The summed E-state index contributed by atoms with van der Waals surface area (Å²) in [6.07, 6.45) is 0. The molecule has 0 aliphatic rings. The number of methoxy groups -OCH3 is 1. The number of carbonyl (C=O) groups excluding carboxylic acids is 2. The van der Waals surface area contributed by atoms with Crippen LogP contribution in [0.25, 0.3) is 11.0 Å². The molecule has 1 heterocycles. The lowest BCUT2D eigenvalue weighted by Crippen LogP contribution is -2.29. The van der Waals surface area contributed by atoms with Crippen LogP contribution in [0.15, 0.2) is 64.1 Å². The molecule has 8 nitrogen and oxygen atoms in total. The summed E-state index contributed by atoms with van der Waals surface area (Å²) in [5.74, 6) is -0.102. The SMILES string of the molecule is COc1ccc2o/c(=N\NC(=O)COc3ccccc3)c(C(N)=O)cc2c1. The van der Waals surface area contributed by atoms with Gasteiger partial charge in [-0.15, -0.1) is 5.10 Å². The fraction of sp³-hybridized carbons (Fsp3) is 0.105. The largest absolute Gasteiger partial charge is 0.497 e. The number of carbonyl (C=O) groups is 2. The molecule has 27 heavy (non-hydrogen) atoms. The second-order valence-electron chi connectivity index (χ2n) is 5.48. The van der Waals surface area contributed by atoms with Gasteiger partial charge in [-0.25, -0.2) is 5.43 Å². The normalized spacial score (nSPS) is 11.2. The zero-order valence-corrected chi connectivity index (χ0v) is 14.5. The highest BCUT2D eigenvalue weighted by Crippen LogP contribution is 2.20. The molecule has 1 aromatic heterocycles. The standard InChI is InChI=1S/C19H17N3O5/c1-25-14-7-8-16-12(9-14)10-15(18(20)24)19(27-16)22-21-17(23)11-26-13-5-3-2-4-6-13/h2-10H,11H2,1H3,(H2,20,24)(H,21,23)/b22-19-. The first-order chi connectivity index (χ1) is 13.1. The second kappa shape index (κ2) is 8.05. The van der Waals surface area contributed by atoms with Crippen molar-refractivity contribution >= 4 is 22.8 Å². The molecule has 0 fully saturated rings. The molecule has 2 aromatic carbocycles. The summed E-state index contributed by atoms with van der Waals surface area (Å²) in [5, 5.41) is 4.47. The van der Waals surface area contributed by atoms with Crippen molar-refractivity contribution in [3.8, 4) is 11.5 Å². The average molecular weight is 367 g/mol. The highest BCUT2D eigenvalue weighted by atomic mass is 16.5. The quantitative estimate of drug-likeness (QED) is 0.641. The number of nitrogens with zero attached hydrogens (tertiary/aromatic N) is 1. The number of hydrogen-bond acceptors (Lipinski definition) is 6. The van der Waals surface area contributed by atoms with Crippen molar-refractivity contribution in [2.45, 2.75) is 0 Å². The number of benzene rings is 2. The minimum Gasteiger partial charge on any atom is -0.497 e. The van der Waals surface area contributed by atoms with Crippen molar-refractivity contribution in [1.82, 2.24) is 5.43 Å². The van der Waals surface area contributed by atoms with Crippen LogP contribution >= 0.6 is 0 Å². The summed E-state index contributed by atoms with van der Waals surface area (Å²) < 4.78 is 16.1. The number of fused-ring (bicyclic) bond motifs is 1. The fourth-order valence-corrected chi connectivity index (χ4v) is 2.31. The first kappa shape index (κ1) is 18.0. The van der Waals surface area contributed by atoms with Gasteiger partial charge in [0, 0.05) is 5.39 Å². The molecule has 3 rings (SSSR count). The van der Waals surface area contributed by atoms with Gasteiger partial charge in [-0.05, 0) is 36.4 Å². The van der Waals surface area contributed by atoms with E-state index in [0.29, 0.717) is 22.5 Å². The number of primary amides is 1. The smallest absolute Gasteiger partial charge is 0.278 e. The van der Waals surface area contributed by atoms with Crippen LogP contribution < -0.4 is 26.2 Å². The minimum atomic E-state index is -0.739. The summed E-state index contributed by atoms with van der Waals surface area (Å²) in [5.41, 5.74) is 8.05. The molecule has 0 saturated heterocycles. The van der Waals surface area contributed by atoms with Crippen molar-refractivity contribution in [3.63, 3.8) is 0 Å². The van der Waals surface area contributed by atoms with Crippen molar-refractivity contribution in [2.24, 2.45) is 10.8 Å². The van der Waals surface area contributed by atoms with E-state index in [1.807, 2.05) is 6.07 Å². The summed E-state index contributed by atoms with van der Waals surface area (Å²) in [6, 6.07) is 15.5. The lowest BCUT2D eigenvalue weighted by atomic mass is 10.1. The fourth-order valence-electron chi connectivity index (χ4n) is 2.31. The summed E-state index contributed by atoms with van der Waals surface area (Å²) in [6.45, 7) is -0.246. The Kier molecular flexibility index (Phi) is 5.36. The molecule has 0 aliphatic carbocycles. The molecule has 3 aromatic rings. The third-order valence-corrected chi connectivity index (χ3v) is 3.61. The Morgan fingerprint density at radius 3 is 2.59 bits per heavy atom. The maximum Gasteiger partial charge on any atom is 0.278 e. The number of nitrogens with two attached hydrogens (primary N) is 1. The van der Waals surface area contributed by atoms with E-state index in [2.05, 4.69) is 10.5 Å². The van der Waals surface area contributed by atoms with Gasteiger partial charge in [0.05, 0.1) is 7.11 Å². The zero-order valence-electron chi connectivity index (χ0n) is 14.5. The molecule has 138 valence electrons. The van der Waals surface area contributed by atoms with Gasteiger partial charge in [0.2, 0.25) is 5.55 Å². The Morgan fingerprint density at radius 1 is 1.11 bits per heavy atom. The Hall–Kier alpha value is -3.81. The molecule has 0 radical (unpaired) electrons. The lowest BCUT2D eigenvalue weighted by Gasteiger charge is -2.05. The van der Waals surface area contributed by atoms with Crippen LogP contribution in [0.4, 0.5) is 0 Å². The van der Waals surface area contributed by atoms with E-state index in [9.17, 15) is 9.59 Å². The number of ether oxygens (including phenoxy) is 2. The molecule has 0 bridgehead atoms. The van der Waals surface area contributed by atoms with Crippen LogP contribution in [-0.4, -0.2) is 25.5 Å². The van der Waals surface area contributed by atoms with Crippen molar-refractivity contribution < 1.29 is 23.5 Å². The van der Waals surface area contributed by atoms with Gasteiger partial charge in [0.15, 0.2) is 6.61 Å². The summed E-state index contributed by atoms with van der Waals surface area (Å²) >= 11 is 0. The van der Waals surface area contributed by atoms with E-state index in [4.69, 9.17) is 19.6 Å². The van der Waals surface area contributed by atoms with Crippen molar-refractivity contribution in [1.29, 1.82) is 0 Å². The lowest BCUT2D eigenvalue weighted by molar-refractivity contribution is -0.123. The van der Waals surface area contributed by atoms with E-state index in [1.54, 1.807) is 42.5 Å². The number of rotatable bonds is 6. The number of nitrogens with one attached hydrogen (secondary N) is 1. The van der Waals surface area contributed by atoms with Gasteiger partial charge in [-0.3, -0.25) is 9.59 Å². The number of para-hydroxylation sites is 1. The Morgan fingerprint density at radius 2 is 1.89 bits per heavy atom. The highest BCUT2D eigenvalue weighted by molar-refractivity contribution is 5.95. The average Bonchev–Trinajstić information content (AvgIpc) is 2.70. The minimum absolute atomic E-state index is 0.0278. The Balaban J connectivity index is 1.82. The summed E-state index contributed by atoms with van der Waals surface area (Å²) in [7, 11) is 1.53. The predicted octanol–water partition coefficient (Wildman–Crippen LogP) is 1.55. The predicted molar refractivity (Wildman–Crippen MR) is 96.9 cm³/mol. The van der Waals surface area contributed by atoms with E-state index in [0.717, 1.165) is 0 Å². The Bertz CT molecular complexity index is 1040. The topological polar surface area (TPSA) is 116 Å². The first-order valence-electron chi connectivity index (χ1n) is 7.99. The van der Waals surface area contributed by atoms with Crippen LogP contribution in [0, 0.1) is 0 Å². The van der Waals surface area contributed by atoms with Crippen LogP contribution in [0.1, 0.15) is 10.4 Å². The molecule has 0 unspecified atom stereocenters. The summed E-state index contributed by atoms with van der Waals surface area (Å²) in [4.78, 5) is 23.6. The van der Waals surface area contributed by atoms with E-state index < -0.39 is 11.8 Å². The monoisotopic (exact) mass is 367 g/mol. The van der Waals surface area contributed by atoms with Gasteiger partial charge in [-0.2, -0.15) is 0 Å². The van der Waals surface area contributed by atoms with Crippen LogP contribution in [0.3, 0.4) is 0 Å². The molecular weight excluding hydrogens is 350 g/mol. The first-order valence-corrected chi connectivity index (χ1v) is 7.99. The molecule has 0 spiro atoms.